The molecule has 1 saturated heterocycles. The zero-order valence-corrected chi connectivity index (χ0v) is 22.0. The first kappa shape index (κ1) is 27.0. The van der Waals surface area contributed by atoms with Gasteiger partial charge in [-0.3, -0.25) is 4.79 Å². The van der Waals surface area contributed by atoms with Crippen LogP contribution < -0.4 is 20.3 Å². The number of aryl methyl sites for hydroxylation is 1. The third-order valence-electron chi connectivity index (χ3n) is 6.77. The Kier molecular flexibility index (Phi) is 7.59. The quantitative estimate of drug-likeness (QED) is 0.256. The molecule has 2 aromatic heterocycles. The summed E-state index contributed by atoms with van der Waals surface area (Å²) in [6.45, 7) is 3.27. The Morgan fingerprint density at radius 1 is 0.975 bits per heavy atom. The number of benzene rings is 2. The molecule has 4 aromatic rings. The normalized spacial score (nSPS) is 13.3. The van der Waals surface area contributed by atoms with Crippen LogP contribution in [0.4, 0.5) is 30.4 Å². The highest BCUT2D eigenvalue weighted by Gasteiger charge is 2.32. The number of nitrogens with one attached hydrogen (secondary N) is 2. The van der Waals surface area contributed by atoms with Gasteiger partial charge in [0.2, 0.25) is 5.88 Å². The molecule has 1 fully saturated rings. The SMILES string of the molecule is CNc1cc(-c2cccnc2Oc2cc(C(=O)Nc3cc(C(F)(F)F)ccc3N3CCCC3)ccc2C)ccn1. The highest BCUT2D eigenvalue weighted by atomic mass is 19.4. The molecule has 1 amide bonds. The maximum absolute atomic E-state index is 13.5. The molecular formula is C30H28F3N5O2. The fraction of sp³-hybridized carbons (Fsp3) is 0.233. The summed E-state index contributed by atoms with van der Waals surface area (Å²) in [6, 6.07) is 15.8. The number of anilines is 3. The van der Waals surface area contributed by atoms with E-state index in [4.69, 9.17) is 4.74 Å². The number of pyridine rings is 2. The Bertz CT molecular complexity index is 1530. The number of aromatic nitrogens is 2. The summed E-state index contributed by atoms with van der Waals surface area (Å²) < 4.78 is 46.6. The maximum Gasteiger partial charge on any atom is 0.416 e. The second-order valence-corrected chi connectivity index (χ2v) is 9.50. The van der Waals surface area contributed by atoms with E-state index >= 15 is 0 Å². The van der Waals surface area contributed by atoms with Gasteiger partial charge < -0.3 is 20.3 Å². The molecule has 0 radical (unpaired) electrons. The fourth-order valence-electron chi connectivity index (χ4n) is 4.62. The van der Waals surface area contributed by atoms with Crippen LogP contribution in [0.3, 0.4) is 0 Å². The summed E-state index contributed by atoms with van der Waals surface area (Å²) in [4.78, 5) is 24.0. The van der Waals surface area contributed by atoms with Crippen molar-refractivity contribution in [1.82, 2.24) is 9.97 Å². The van der Waals surface area contributed by atoms with Crippen LogP contribution in [-0.2, 0) is 6.18 Å². The number of nitrogens with zero attached hydrogens (tertiary/aromatic N) is 3. The molecule has 2 aromatic carbocycles. The topological polar surface area (TPSA) is 79.4 Å². The molecule has 0 saturated carbocycles. The Morgan fingerprint density at radius 2 is 1.77 bits per heavy atom. The number of ether oxygens (including phenoxy) is 1. The van der Waals surface area contributed by atoms with Gasteiger partial charge in [-0.15, -0.1) is 0 Å². The molecule has 3 heterocycles. The first-order chi connectivity index (χ1) is 19.2. The van der Waals surface area contributed by atoms with Crippen LogP contribution in [0, 0.1) is 6.92 Å². The zero-order valence-electron chi connectivity index (χ0n) is 22.0. The molecule has 1 aliphatic rings. The van der Waals surface area contributed by atoms with Crippen molar-refractivity contribution in [1.29, 1.82) is 0 Å². The van der Waals surface area contributed by atoms with Crippen molar-refractivity contribution >= 4 is 23.1 Å². The van der Waals surface area contributed by atoms with Gasteiger partial charge in [-0.1, -0.05) is 6.07 Å². The molecule has 7 nitrogen and oxygen atoms in total. The van der Waals surface area contributed by atoms with Gasteiger partial charge in [0.15, 0.2) is 0 Å². The maximum atomic E-state index is 13.5. The summed E-state index contributed by atoms with van der Waals surface area (Å²) in [5, 5.41) is 5.72. The molecule has 0 unspecified atom stereocenters. The first-order valence-corrected chi connectivity index (χ1v) is 12.9. The van der Waals surface area contributed by atoms with Crippen LogP contribution in [0.2, 0.25) is 0 Å². The van der Waals surface area contributed by atoms with E-state index in [9.17, 15) is 18.0 Å². The van der Waals surface area contributed by atoms with Crippen LogP contribution >= 0.6 is 0 Å². The Hall–Kier alpha value is -4.60. The van der Waals surface area contributed by atoms with Gasteiger partial charge >= 0.3 is 6.18 Å². The average Bonchev–Trinajstić information content (AvgIpc) is 3.49. The number of hydrogen-bond donors (Lipinski definition) is 2. The number of amides is 1. The van der Waals surface area contributed by atoms with E-state index in [2.05, 4.69) is 20.6 Å². The monoisotopic (exact) mass is 547 g/mol. The van der Waals surface area contributed by atoms with Crippen molar-refractivity contribution in [3.05, 3.63) is 89.7 Å². The Labute approximate surface area is 230 Å². The van der Waals surface area contributed by atoms with Crippen LogP contribution in [0.1, 0.15) is 34.3 Å². The lowest BCUT2D eigenvalue weighted by Gasteiger charge is -2.23. The molecule has 2 N–H and O–H groups in total. The predicted molar refractivity (Wildman–Crippen MR) is 149 cm³/mol. The average molecular weight is 548 g/mol. The lowest BCUT2D eigenvalue weighted by molar-refractivity contribution is -0.137. The lowest BCUT2D eigenvalue weighted by atomic mass is 10.1. The third kappa shape index (κ3) is 5.85. The summed E-state index contributed by atoms with van der Waals surface area (Å²) in [6.07, 6.45) is 0.643. The van der Waals surface area contributed by atoms with Crippen LogP contribution in [0.5, 0.6) is 11.6 Å². The standard InChI is InChI=1S/C30H28F3N5O2/c1-19-7-8-21(16-26(19)40-29-23(6-5-12-36-29)20-11-13-35-27(17-20)34-2)28(39)37-24-18-22(30(31,32)33)9-10-25(24)38-14-3-4-15-38/h5-13,16-18H,3-4,14-15H2,1-2H3,(H,34,35)(H,37,39). The largest absolute Gasteiger partial charge is 0.438 e. The van der Waals surface area contributed by atoms with Gasteiger partial charge in [-0.2, -0.15) is 13.2 Å². The van der Waals surface area contributed by atoms with E-state index in [0.717, 1.165) is 54.8 Å². The molecule has 206 valence electrons. The number of carbonyl (C=O) groups excluding carboxylic acids is 1. The molecular weight excluding hydrogens is 519 g/mol. The Morgan fingerprint density at radius 3 is 2.52 bits per heavy atom. The van der Waals surface area contributed by atoms with Crippen molar-refractivity contribution < 1.29 is 22.7 Å². The van der Waals surface area contributed by atoms with Gasteiger partial charge in [0.05, 0.1) is 16.9 Å². The second kappa shape index (κ2) is 11.3. The molecule has 0 aliphatic carbocycles. The molecule has 40 heavy (non-hydrogen) atoms. The summed E-state index contributed by atoms with van der Waals surface area (Å²) in [5.41, 5.74) is 2.44. The summed E-state index contributed by atoms with van der Waals surface area (Å²) in [7, 11) is 1.78. The number of carbonyl (C=O) groups is 1. The zero-order chi connectivity index (χ0) is 28.3. The highest BCUT2D eigenvalue weighted by molar-refractivity contribution is 6.06. The number of hydrogen-bond acceptors (Lipinski definition) is 6. The lowest BCUT2D eigenvalue weighted by Crippen LogP contribution is -2.22. The number of rotatable bonds is 7. The minimum Gasteiger partial charge on any atom is -0.438 e. The van der Waals surface area contributed by atoms with Gasteiger partial charge in [0, 0.05) is 43.7 Å². The first-order valence-electron chi connectivity index (χ1n) is 12.9. The van der Waals surface area contributed by atoms with Crippen molar-refractivity contribution in [2.45, 2.75) is 25.9 Å². The number of halogens is 3. The smallest absolute Gasteiger partial charge is 0.416 e. The third-order valence-corrected chi connectivity index (χ3v) is 6.77. The fourth-order valence-corrected chi connectivity index (χ4v) is 4.62. The van der Waals surface area contributed by atoms with Gasteiger partial charge in [-0.05, 0) is 85.5 Å². The van der Waals surface area contributed by atoms with E-state index in [1.807, 2.05) is 30.0 Å². The van der Waals surface area contributed by atoms with Gasteiger partial charge in [0.25, 0.3) is 5.91 Å². The van der Waals surface area contributed by atoms with E-state index < -0.39 is 17.6 Å². The van der Waals surface area contributed by atoms with Crippen molar-refractivity contribution in [2.24, 2.45) is 0 Å². The van der Waals surface area contributed by atoms with Crippen LogP contribution in [0.25, 0.3) is 11.1 Å². The van der Waals surface area contributed by atoms with E-state index in [1.165, 1.54) is 6.07 Å². The molecule has 0 spiro atoms. The summed E-state index contributed by atoms with van der Waals surface area (Å²) in [5.74, 6) is 0.883. The van der Waals surface area contributed by atoms with E-state index in [-0.39, 0.29) is 11.3 Å². The second-order valence-electron chi connectivity index (χ2n) is 9.50. The van der Waals surface area contributed by atoms with Crippen molar-refractivity contribution in [3.8, 4) is 22.8 Å². The van der Waals surface area contributed by atoms with Gasteiger partial charge in [0.1, 0.15) is 11.6 Å². The summed E-state index contributed by atoms with van der Waals surface area (Å²) >= 11 is 0. The molecule has 10 heteroatoms. The molecule has 5 rings (SSSR count). The molecule has 0 bridgehead atoms. The highest BCUT2D eigenvalue weighted by Crippen LogP contribution is 2.37. The number of alkyl halides is 3. The predicted octanol–water partition coefficient (Wildman–Crippen LogP) is 7.16. The molecule has 0 atom stereocenters. The molecule has 1 aliphatic heterocycles. The van der Waals surface area contributed by atoms with Gasteiger partial charge in [-0.25, -0.2) is 9.97 Å². The minimum absolute atomic E-state index is 0.120. The Balaban J connectivity index is 1.44. The van der Waals surface area contributed by atoms with E-state index in [0.29, 0.717) is 23.1 Å². The van der Waals surface area contributed by atoms with Crippen molar-refractivity contribution in [3.63, 3.8) is 0 Å². The van der Waals surface area contributed by atoms with Crippen LogP contribution in [-0.4, -0.2) is 36.0 Å². The van der Waals surface area contributed by atoms with Crippen LogP contribution in [0.15, 0.2) is 73.1 Å². The van der Waals surface area contributed by atoms with Crippen molar-refractivity contribution in [2.75, 3.05) is 35.7 Å². The minimum atomic E-state index is -4.53. The van der Waals surface area contributed by atoms with E-state index in [1.54, 1.807) is 43.7 Å².